The predicted molar refractivity (Wildman–Crippen MR) is 30.9 cm³/mol. The number of halogens is 9. The van der Waals surface area contributed by atoms with Gasteiger partial charge < -0.3 is 0 Å². The third kappa shape index (κ3) is 4.00. The maximum atomic E-state index is 12.0. The molecule has 0 aliphatic carbocycles. The number of hydrogen-bond acceptors (Lipinski definition) is 0. The predicted octanol–water partition coefficient (Wildman–Crippen LogP) is 3.99. The van der Waals surface area contributed by atoms with Gasteiger partial charge in [0, 0.05) is 6.42 Å². The summed E-state index contributed by atoms with van der Waals surface area (Å²) in [6.45, 7) is 0. The van der Waals surface area contributed by atoms with Crippen LogP contribution in [0.4, 0.5) is 39.5 Å². The van der Waals surface area contributed by atoms with Crippen molar-refractivity contribution in [1.29, 1.82) is 0 Å². The van der Waals surface area contributed by atoms with Crippen molar-refractivity contribution < 1.29 is 39.5 Å². The summed E-state index contributed by atoms with van der Waals surface area (Å²) in [7, 11) is 0. The molecule has 0 atom stereocenters. The average Bonchev–Trinajstić information content (AvgIpc) is 1.96. The molecule has 0 unspecified atom stereocenters. The lowest BCUT2D eigenvalue weighted by Crippen LogP contribution is -2.35. The van der Waals surface area contributed by atoms with Gasteiger partial charge in [-0.1, -0.05) is 0 Å². The SMILES string of the molecule is FC(=CCC(F)(F)C(F)(F)F)C(F)(F)F. The first kappa shape index (κ1) is 14.1. The standard InChI is InChI=1S/C6H3F9/c7-3(5(10,11)12)1-2-4(8,9)6(13,14)15/h1H,2H2. The van der Waals surface area contributed by atoms with E-state index in [4.69, 9.17) is 0 Å². The Morgan fingerprint density at radius 3 is 1.53 bits per heavy atom. The number of hydrogen-bond donors (Lipinski definition) is 0. The molecule has 0 aromatic heterocycles. The van der Waals surface area contributed by atoms with Crippen molar-refractivity contribution in [3.63, 3.8) is 0 Å². The molecule has 0 rings (SSSR count). The monoisotopic (exact) mass is 246 g/mol. The summed E-state index contributed by atoms with van der Waals surface area (Å²) < 4.78 is 104. The second kappa shape index (κ2) is 3.93. The van der Waals surface area contributed by atoms with Crippen LogP contribution in [0.25, 0.3) is 0 Å². The molecular weight excluding hydrogens is 243 g/mol. The molecule has 90 valence electrons. The highest BCUT2D eigenvalue weighted by Crippen LogP contribution is 2.39. The fourth-order valence-electron chi connectivity index (χ4n) is 0.449. The van der Waals surface area contributed by atoms with Crippen molar-refractivity contribution in [1.82, 2.24) is 0 Å². The first-order chi connectivity index (χ1) is 6.38. The smallest absolute Gasteiger partial charge is 0.202 e. The molecule has 0 amide bonds. The van der Waals surface area contributed by atoms with Gasteiger partial charge in [0.2, 0.25) is 0 Å². The molecule has 0 N–H and O–H groups in total. The largest absolute Gasteiger partial charge is 0.453 e. The molecule has 0 aromatic rings. The zero-order chi connectivity index (χ0) is 12.5. The Morgan fingerprint density at radius 1 is 0.867 bits per heavy atom. The van der Waals surface area contributed by atoms with Crippen LogP contribution in [0.2, 0.25) is 0 Å². The summed E-state index contributed by atoms with van der Waals surface area (Å²) in [4.78, 5) is 0. The van der Waals surface area contributed by atoms with Gasteiger partial charge in [0.25, 0.3) is 0 Å². The molecule has 0 aliphatic heterocycles. The van der Waals surface area contributed by atoms with Crippen LogP contribution < -0.4 is 0 Å². The molecule has 0 saturated heterocycles. The van der Waals surface area contributed by atoms with E-state index in [9.17, 15) is 39.5 Å². The average molecular weight is 246 g/mol. The molecule has 0 heterocycles. The Morgan fingerprint density at radius 2 is 1.27 bits per heavy atom. The highest BCUT2D eigenvalue weighted by atomic mass is 19.4. The van der Waals surface area contributed by atoms with E-state index in [1.807, 2.05) is 0 Å². The fraction of sp³-hybridized carbons (Fsp3) is 0.667. The van der Waals surface area contributed by atoms with Crippen molar-refractivity contribution in [2.24, 2.45) is 0 Å². The van der Waals surface area contributed by atoms with E-state index in [0.717, 1.165) is 0 Å². The lowest BCUT2D eigenvalue weighted by atomic mass is 10.2. The van der Waals surface area contributed by atoms with Crippen LogP contribution >= 0.6 is 0 Å². The van der Waals surface area contributed by atoms with Gasteiger partial charge in [-0.25, -0.2) is 4.39 Å². The first-order valence-corrected chi connectivity index (χ1v) is 3.25. The van der Waals surface area contributed by atoms with Gasteiger partial charge in [0.1, 0.15) is 0 Å². The van der Waals surface area contributed by atoms with Gasteiger partial charge in [-0.15, -0.1) is 0 Å². The number of allylic oxidation sites excluding steroid dienone is 2. The highest BCUT2D eigenvalue weighted by Gasteiger charge is 2.56. The van der Waals surface area contributed by atoms with Crippen molar-refractivity contribution in [2.75, 3.05) is 0 Å². The second-order valence-electron chi connectivity index (χ2n) is 2.46. The normalized spacial score (nSPS) is 15.7. The zero-order valence-electron chi connectivity index (χ0n) is 6.69. The van der Waals surface area contributed by atoms with E-state index in [1.165, 1.54) is 0 Å². The van der Waals surface area contributed by atoms with Crippen LogP contribution in [-0.2, 0) is 0 Å². The van der Waals surface area contributed by atoms with E-state index in [1.54, 1.807) is 0 Å². The van der Waals surface area contributed by atoms with Gasteiger partial charge in [-0.05, 0) is 6.08 Å². The summed E-state index contributed by atoms with van der Waals surface area (Å²) in [5.74, 6) is -8.36. The van der Waals surface area contributed by atoms with Crippen molar-refractivity contribution in [3.8, 4) is 0 Å². The van der Waals surface area contributed by atoms with Crippen LogP contribution in [0.5, 0.6) is 0 Å². The van der Waals surface area contributed by atoms with E-state index in [2.05, 4.69) is 0 Å². The molecule has 0 spiro atoms. The maximum absolute atomic E-state index is 12.0. The van der Waals surface area contributed by atoms with Gasteiger partial charge in [0.15, 0.2) is 5.83 Å². The van der Waals surface area contributed by atoms with Gasteiger partial charge in [-0.2, -0.15) is 35.1 Å². The van der Waals surface area contributed by atoms with Crippen LogP contribution in [-0.4, -0.2) is 18.3 Å². The Balaban J connectivity index is 4.65. The molecule has 0 aromatic carbocycles. The fourth-order valence-corrected chi connectivity index (χ4v) is 0.449. The van der Waals surface area contributed by atoms with E-state index in [-0.39, 0.29) is 0 Å². The second-order valence-corrected chi connectivity index (χ2v) is 2.46. The minimum absolute atomic E-state index is 0.840. The van der Waals surface area contributed by atoms with E-state index < -0.39 is 36.6 Å². The maximum Gasteiger partial charge on any atom is 0.453 e. The van der Waals surface area contributed by atoms with Gasteiger partial charge in [0.05, 0.1) is 0 Å². The third-order valence-corrected chi connectivity index (χ3v) is 1.22. The Bertz CT molecular complexity index is 242. The highest BCUT2D eigenvalue weighted by molar-refractivity contribution is 5.01. The summed E-state index contributed by atoms with van der Waals surface area (Å²) in [5, 5.41) is 0. The first-order valence-electron chi connectivity index (χ1n) is 3.25. The number of rotatable bonds is 2. The lowest BCUT2D eigenvalue weighted by molar-refractivity contribution is -0.280. The molecule has 0 fully saturated rings. The lowest BCUT2D eigenvalue weighted by Gasteiger charge is -2.17. The van der Waals surface area contributed by atoms with Gasteiger partial charge in [-0.3, -0.25) is 0 Å². The summed E-state index contributed by atoms with van der Waals surface area (Å²) in [6, 6.07) is 0. The van der Waals surface area contributed by atoms with E-state index >= 15 is 0 Å². The Hall–Kier alpha value is -0.890. The van der Waals surface area contributed by atoms with Crippen LogP contribution in [0, 0.1) is 0 Å². The molecule has 15 heavy (non-hydrogen) atoms. The quantitative estimate of drug-likeness (QED) is 0.646. The zero-order valence-corrected chi connectivity index (χ0v) is 6.69. The van der Waals surface area contributed by atoms with E-state index in [0.29, 0.717) is 0 Å². The molecular formula is C6H3F9. The topological polar surface area (TPSA) is 0 Å². The van der Waals surface area contributed by atoms with Crippen molar-refractivity contribution in [3.05, 3.63) is 11.9 Å². The minimum atomic E-state index is -6.00. The van der Waals surface area contributed by atoms with Crippen molar-refractivity contribution in [2.45, 2.75) is 24.7 Å². The molecule has 0 bridgehead atoms. The summed E-state index contributed by atoms with van der Waals surface area (Å²) >= 11 is 0. The minimum Gasteiger partial charge on any atom is -0.202 e. The van der Waals surface area contributed by atoms with Crippen molar-refractivity contribution >= 4 is 0 Å². The van der Waals surface area contributed by atoms with Crippen LogP contribution in [0.3, 0.4) is 0 Å². The molecule has 0 aliphatic rings. The molecule has 0 saturated carbocycles. The molecule has 9 heteroatoms. The summed E-state index contributed by atoms with van der Waals surface area (Å²) in [5.41, 5.74) is 0. The number of alkyl halides is 8. The molecule has 0 radical (unpaired) electrons. The third-order valence-electron chi connectivity index (χ3n) is 1.22. The Kier molecular flexibility index (Phi) is 3.70. The van der Waals surface area contributed by atoms with Gasteiger partial charge >= 0.3 is 18.3 Å². The molecule has 0 nitrogen and oxygen atoms in total. The summed E-state index contributed by atoms with van der Waals surface area (Å²) in [6.07, 6.45) is -14.8. The van der Waals surface area contributed by atoms with Crippen LogP contribution in [0.15, 0.2) is 11.9 Å². The van der Waals surface area contributed by atoms with Crippen LogP contribution in [0.1, 0.15) is 6.42 Å². The Labute approximate surface area is 77.4 Å².